The summed E-state index contributed by atoms with van der Waals surface area (Å²) < 4.78 is 44.3. The van der Waals surface area contributed by atoms with E-state index >= 15 is 0 Å². The molecule has 1 aromatic heterocycles. The lowest BCUT2D eigenvalue weighted by atomic mass is 9.86. The second kappa shape index (κ2) is 19.1. The number of ether oxygens (including phenoxy) is 3. The van der Waals surface area contributed by atoms with E-state index in [9.17, 15) is 22.8 Å². The van der Waals surface area contributed by atoms with Gasteiger partial charge in [0.2, 0.25) is 10.0 Å². The molecule has 8 N–H and O–H groups in total. The highest BCUT2D eigenvalue weighted by atomic mass is 32.2. The van der Waals surface area contributed by atoms with Crippen molar-refractivity contribution in [3.63, 3.8) is 0 Å². The van der Waals surface area contributed by atoms with Gasteiger partial charge in [0.05, 0.1) is 43.1 Å². The number of methoxy groups -OCH3 is 2. The predicted molar refractivity (Wildman–Crippen MR) is 244 cm³/mol. The van der Waals surface area contributed by atoms with Gasteiger partial charge in [-0.3, -0.25) is 14.3 Å². The van der Waals surface area contributed by atoms with Gasteiger partial charge in [0.25, 0.3) is 5.91 Å². The normalized spacial score (nSPS) is 11.9. The van der Waals surface area contributed by atoms with Gasteiger partial charge < -0.3 is 46.3 Å². The second-order valence-corrected chi connectivity index (χ2v) is 17.4. The number of pyridine rings is 1. The third-order valence-electron chi connectivity index (χ3n) is 9.73. The van der Waals surface area contributed by atoms with Gasteiger partial charge in [-0.25, -0.2) is 18.2 Å². The van der Waals surface area contributed by atoms with Gasteiger partial charge in [0, 0.05) is 41.3 Å². The molecule has 0 radical (unpaired) electrons. The summed E-state index contributed by atoms with van der Waals surface area (Å²) in [6, 6.07) is 28.4. The van der Waals surface area contributed by atoms with Gasteiger partial charge in [-0.1, -0.05) is 69.3 Å². The number of nitrogens with one attached hydrogen (secondary N) is 5. The minimum atomic E-state index is -3.66. The molecule has 5 aromatic carbocycles. The van der Waals surface area contributed by atoms with E-state index in [1.807, 2.05) is 57.2 Å². The number of carbonyl (C=O) groups excluding carboxylic acids is 2. The molecule has 1 heterocycles. The quantitative estimate of drug-likeness (QED) is 0.0491. The summed E-state index contributed by atoms with van der Waals surface area (Å²) in [7, 11) is -0.798. The van der Waals surface area contributed by atoms with E-state index in [4.69, 9.17) is 25.1 Å². The number of anilines is 5. The van der Waals surface area contributed by atoms with E-state index in [1.165, 1.54) is 14.2 Å². The van der Waals surface area contributed by atoms with Crippen LogP contribution in [0.5, 0.6) is 23.0 Å². The fourth-order valence-corrected chi connectivity index (χ4v) is 7.21. The Labute approximate surface area is 365 Å². The van der Waals surface area contributed by atoms with Gasteiger partial charge >= 0.3 is 12.0 Å². The van der Waals surface area contributed by atoms with E-state index < -0.39 is 28.1 Å². The topological polar surface area (TPSA) is 232 Å². The lowest BCUT2D eigenvalue weighted by Crippen LogP contribution is -2.32. The monoisotopic (exact) mass is 875 g/mol. The average molecular weight is 876 g/mol. The van der Waals surface area contributed by atoms with Crippen molar-refractivity contribution < 1.29 is 42.1 Å². The summed E-state index contributed by atoms with van der Waals surface area (Å²) in [4.78, 5) is 42.4. The number of aliphatic carboxylic acids is 1. The number of carbonyl (C=O) groups is 3. The highest BCUT2D eigenvalue weighted by Crippen LogP contribution is 2.40. The maximum atomic E-state index is 13.5. The Morgan fingerprint density at radius 3 is 2.21 bits per heavy atom. The molecule has 0 fully saturated rings. The van der Waals surface area contributed by atoms with Crippen LogP contribution in [0.1, 0.15) is 47.8 Å². The van der Waals surface area contributed by atoms with Gasteiger partial charge in [-0.2, -0.15) is 0 Å². The first-order valence-electron chi connectivity index (χ1n) is 19.6. The zero-order valence-corrected chi connectivity index (χ0v) is 36.3. The van der Waals surface area contributed by atoms with Crippen molar-refractivity contribution in [2.24, 2.45) is 5.73 Å². The summed E-state index contributed by atoms with van der Waals surface area (Å²) in [6.07, 6.45) is 2.79. The number of hydrogen-bond donors (Lipinski definition) is 7. The van der Waals surface area contributed by atoms with Crippen LogP contribution in [0.15, 0.2) is 109 Å². The number of aromatic nitrogens is 1. The molecule has 0 bridgehead atoms. The Morgan fingerprint density at radius 1 is 0.794 bits per heavy atom. The Balaban J connectivity index is 1.14. The Bertz CT molecular complexity index is 2790. The number of carboxylic acid groups (broad SMARTS) is 1. The Kier molecular flexibility index (Phi) is 13.7. The van der Waals surface area contributed by atoms with E-state index in [2.05, 4.69) is 31.0 Å². The third-order valence-corrected chi connectivity index (χ3v) is 10.3. The van der Waals surface area contributed by atoms with Crippen molar-refractivity contribution in [2.45, 2.75) is 45.2 Å². The molecule has 6 rings (SSSR count). The van der Waals surface area contributed by atoms with Crippen LogP contribution in [-0.4, -0.2) is 62.9 Å². The van der Waals surface area contributed by atoms with Crippen LogP contribution < -0.4 is 45.9 Å². The number of urea groups is 1. The summed E-state index contributed by atoms with van der Waals surface area (Å²) in [5, 5.41) is 22.4. The van der Waals surface area contributed by atoms with Crippen LogP contribution >= 0.6 is 0 Å². The standard InChI is InChI=1S/C46H49N7O9S/c1-46(2,3)29-22-37(42(61-5)38(23-29)53-63(6,58)59)52-45(57)51-36-16-17-39(33-13-8-7-12-32(33)36)62-31-18-19-48-41(25-31)50-30-14-15-34(40(24-30)60-4)43(54)49-26-28-11-9-10-27(20-28)21-35(47)44(55)56/h7-20,22-25,35,53H,21,26,47H2,1-6H3,(H,48,50)(H,49,54)(H,55,56)(H2,51,52,57)/t35-/m1/s1. The fourth-order valence-electron chi connectivity index (χ4n) is 6.66. The summed E-state index contributed by atoms with van der Waals surface area (Å²) in [5.41, 5.74) is 9.47. The number of fused-ring (bicyclic) bond motifs is 1. The van der Waals surface area contributed by atoms with Crippen LogP contribution in [-0.2, 0) is 33.2 Å². The largest absolute Gasteiger partial charge is 0.496 e. The first-order valence-corrected chi connectivity index (χ1v) is 21.5. The van der Waals surface area contributed by atoms with Crippen LogP contribution in [0.2, 0.25) is 0 Å². The molecule has 0 unspecified atom stereocenters. The maximum absolute atomic E-state index is 13.5. The minimum Gasteiger partial charge on any atom is -0.496 e. The molecular weight excluding hydrogens is 827 g/mol. The molecule has 1 atom stereocenters. The highest BCUT2D eigenvalue weighted by Gasteiger charge is 2.23. The maximum Gasteiger partial charge on any atom is 0.323 e. The molecule has 328 valence electrons. The second-order valence-electron chi connectivity index (χ2n) is 15.6. The number of benzene rings is 5. The van der Waals surface area contributed by atoms with E-state index in [-0.39, 0.29) is 41.4 Å². The molecule has 3 amide bonds. The van der Waals surface area contributed by atoms with Gasteiger partial charge in [0.15, 0.2) is 5.75 Å². The molecule has 17 heteroatoms. The van der Waals surface area contributed by atoms with E-state index in [1.54, 1.807) is 72.9 Å². The smallest absolute Gasteiger partial charge is 0.323 e. The van der Waals surface area contributed by atoms with Crippen molar-refractivity contribution in [1.82, 2.24) is 10.3 Å². The molecule has 16 nitrogen and oxygen atoms in total. The van der Waals surface area contributed by atoms with Crippen molar-refractivity contribution in [2.75, 3.05) is 41.1 Å². The molecule has 0 saturated heterocycles. The van der Waals surface area contributed by atoms with Crippen LogP contribution in [0, 0.1) is 0 Å². The van der Waals surface area contributed by atoms with Crippen molar-refractivity contribution in [3.8, 4) is 23.0 Å². The fraction of sp³-hybridized carbons (Fsp3) is 0.217. The molecule has 63 heavy (non-hydrogen) atoms. The van der Waals surface area contributed by atoms with Crippen LogP contribution in [0.4, 0.5) is 33.4 Å². The van der Waals surface area contributed by atoms with Crippen LogP contribution in [0.25, 0.3) is 10.8 Å². The number of nitrogens with two attached hydrogens (primary N) is 1. The number of carboxylic acids is 1. The third kappa shape index (κ3) is 11.7. The molecule has 0 saturated carbocycles. The first kappa shape index (κ1) is 45.2. The zero-order valence-electron chi connectivity index (χ0n) is 35.5. The number of amides is 3. The van der Waals surface area contributed by atoms with Gasteiger partial charge in [0.1, 0.15) is 29.1 Å². The molecule has 0 aliphatic carbocycles. The lowest BCUT2D eigenvalue weighted by molar-refractivity contribution is -0.138. The molecule has 0 aliphatic heterocycles. The average Bonchev–Trinajstić information content (AvgIpc) is 3.23. The number of sulfonamides is 1. The number of hydrogen-bond acceptors (Lipinski definition) is 11. The molecular formula is C46H49N7O9S. The predicted octanol–water partition coefficient (Wildman–Crippen LogP) is 7.99. The van der Waals surface area contributed by atoms with E-state index in [0.29, 0.717) is 50.8 Å². The van der Waals surface area contributed by atoms with Gasteiger partial charge in [-0.05, 0) is 71.0 Å². The number of rotatable bonds is 16. The minimum absolute atomic E-state index is 0.154. The molecule has 0 aliphatic rings. The van der Waals surface area contributed by atoms with E-state index in [0.717, 1.165) is 22.9 Å². The number of nitrogens with zero attached hydrogens (tertiary/aromatic N) is 1. The SMILES string of the molecule is COc1cc(Nc2cc(Oc3ccc(NC(=O)Nc4cc(C(C)(C)C)cc(NS(C)(=O)=O)c4OC)c4ccccc34)ccn2)ccc1C(=O)NCc1cccc(C[C@@H](N)C(=O)O)c1. The van der Waals surface area contributed by atoms with Gasteiger partial charge in [-0.15, -0.1) is 0 Å². The lowest BCUT2D eigenvalue weighted by Gasteiger charge is -2.24. The van der Waals surface area contributed by atoms with Crippen molar-refractivity contribution >= 4 is 67.3 Å². The zero-order chi connectivity index (χ0) is 45.5. The summed E-state index contributed by atoms with van der Waals surface area (Å²) in [6.45, 7) is 6.12. The summed E-state index contributed by atoms with van der Waals surface area (Å²) >= 11 is 0. The Hall–Kier alpha value is -7.37. The van der Waals surface area contributed by atoms with Crippen LogP contribution in [0.3, 0.4) is 0 Å². The first-order chi connectivity index (χ1) is 29.9. The summed E-state index contributed by atoms with van der Waals surface area (Å²) in [5.74, 6) is 0.465. The molecule has 0 spiro atoms. The highest BCUT2D eigenvalue weighted by molar-refractivity contribution is 7.92. The van der Waals surface area contributed by atoms with Crippen molar-refractivity contribution in [1.29, 1.82) is 0 Å². The van der Waals surface area contributed by atoms with Crippen molar-refractivity contribution in [3.05, 3.63) is 132 Å². The Morgan fingerprint density at radius 2 is 1.51 bits per heavy atom. The molecule has 6 aromatic rings.